The number of hydrogen-bond acceptors (Lipinski definition) is 10. The molecule has 0 radical (unpaired) electrons. The fourth-order valence-electron chi connectivity index (χ4n) is 4.64. The molecular formula is C25H23ClIN9O4S2. The third-order valence-corrected chi connectivity index (χ3v) is 9.81. The molecule has 1 atom stereocenters. The Balaban J connectivity index is 0.00000353. The number of H-pyrrole nitrogens is 1. The Morgan fingerprint density at radius 3 is 2.71 bits per heavy atom. The molecule has 1 saturated heterocycles. The maximum Gasteiger partial charge on any atom is 0.283 e. The van der Waals surface area contributed by atoms with Crippen molar-refractivity contribution in [2.75, 3.05) is 19.6 Å². The lowest BCUT2D eigenvalue weighted by Crippen LogP contribution is -2.61. The number of thiazole rings is 1. The molecule has 1 unspecified atom stereocenters. The molecule has 218 valence electrons. The standard InChI is InChI=1S/C25H22ClN9O4S2.HI/c1-14-8-19-21(11-27-14)40-24(29-19)25(37)35-7-6-34(13-20(35)23(36)28-12-22-30-32-33-31-22)41(38,39)18-5-3-15-9-17(26)4-2-16(15)10-18;/h2-5,8-11,20H,6-7,12-13H2,1H3,(H,28,36)(H,30,31,32,33);1H. The third-order valence-electron chi connectivity index (χ3n) is 6.72. The summed E-state index contributed by atoms with van der Waals surface area (Å²) in [4.78, 5) is 37.2. The monoisotopic (exact) mass is 739 g/mol. The van der Waals surface area contributed by atoms with Gasteiger partial charge in [-0.25, -0.2) is 13.4 Å². The first-order valence-electron chi connectivity index (χ1n) is 12.4. The van der Waals surface area contributed by atoms with Crippen molar-refractivity contribution in [1.29, 1.82) is 0 Å². The number of aromatic amines is 1. The number of carbonyl (C=O) groups is 2. The number of pyridine rings is 1. The zero-order chi connectivity index (χ0) is 28.7. The van der Waals surface area contributed by atoms with E-state index in [-0.39, 0.29) is 65.9 Å². The number of carbonyl (C=O) groups excluding carboxylic acids is 2. The van der Waals surface area contributed by atoms with Crippen LogP contribution in [0.3, 0.4) is 0 Å². The second-order valence-electron chi connectivity index (χ2n) is 9.39. The molecule has 42 heavy (non-hydrogen) atoms. The molecule has 13 nitrogen and oxygen atoms in total. The highest BCUT2D eigenvalue weighted by Gasteiger charge is 2.41. The van der Waals surface area contributed by atoms with Gasteiger partial charge in [0.25, 0.3) is 5.91 Å². The SMILES string of the molecule is Cc1cc2nc(C(=O)N3CCN(S(=O)(=O)c4ccc5cc(Cl)ccc5c4)CC3C(=O)NCc3nn[nH]n3)sc2cn1.I. The average molecular weight is 740 g/mol. The number of tetrazole rings is 1. The highest BCUT2D eigenvalue weighted by molar-refractivity contribution is 14.0. The summed E-state index contributed by atoms with van der Waals surface area (Å²) in [5.41, 5.74) is 1.39. The largest absolute Gasteiger partial charge is 0.347 e. The van der Waals surface area contributed by atoms with E-state index in [0.29, 0.717) is 15.9 Å². The van der Waals surface area contributed by atoms with Crippen LogP contribution in [0.4, 0.5) is 0 Å². The molecular weight excluding hydrogens is 717 g/mol. The summed E-state index contributed by atoms with van der Waals surface area (Å²) in [6.45, 7) is 1.49. The van der Waals surface area contributed by atoms with Gasteiger partial charge in [0.1, 0.15) is 6.04 Å². The van der Waals surface area contributed by atoms with Gasteiger partial charge in [-0.05, 0) is 48.0 Å². The molecule has 17 heteroatoms. The Morgan fingerprint density at radius 1 is 1.14 bits per heavy atom. The van der Waals surface area contributed by atoms with Crippen LogP contribution >= 0.6 is 46.9 Å². The summed E-state index contributed by atoms with van der Waals surface area (Å²) >= 11 is 7.24. The fraction of sp³-hybridized carbons (Fsp3) is 0.240. The minimum atomic E-state index is -4.01. The molecule has 5 aromatic rings. The maximum absolute atomic E-state index is 13.7. The van der Waals surface area contributed by atoms with E-state index in [2.05, 4.69) is 35.9 Å². The van der Waals surface area contributed by atoms with Crippen LogP contribution in [-0.4, -0.2) is 85.7 Å². The van der Waals surface area contributed by atoms with Crippen LogP contribution in [-0.2, 0) is 21.4 Å². The predicted molar refractivity (Wildman–Crippen MR) is 166 cm³/mol. The number of amides is 2. The van der Waals surface area contributed by atoms with Gasteiger partial charge in [-0.3, -0.25) is 14.6 Å². The molecule has 3 aromatic heterocycles. The zero-order valence-corrected chi connectivity index (χ0v) is 26.6. The average Bonchev–Trinajstić information content (AvgIpc) is 3.64. The molecule has 0 aliphatic carbocycles. The number of benzene rings is 2. The van der Waals surface area contributed by atoms with Gasteiger partial charge in [0, 0.05) is 36.5 Å². The summed E-state index contributed by atoms with van der Waals surface area (Å²) in [6.07, 6.45) is 1.65. The number of nitrogens with one attached hydrogen (secondary N) is 2. The first-order chi connectivity index (χ1) is 19.7. The van der Waals surface area contributed by atoms with Crippen molar-refractivity contribution in [3.63, 3.8) is 0 Å². The Kier molecular flexibility index (Phi) is 8.70. The van der Waals surface area contributed by atoms with Gasteiger partial charge < -0.3 is 10.2 Å². The maximum atomic E-state index is 13.7. The van der Waals surface area contributed by atoms with E-state index >= 15 is 0 Å². The molecule has 0 bridgehead atoms. The number of rotatable bonds is 6. The third kappa shape index (κ3) is 5.94. The van der Waals surface area contributed by atoms with Crippen LogP contribution in [0.5, 0.6) is 0 Å². The number of nitrogens with zero attached hydrogens (tertiary/aromatic N) is 7. The smallest absolute Gasteiger partial charge is 0.283 e. The van der Waals surface area contributed by atoms with Gasteiger partial charge >= 0.3 is 0 Å². The van der Waals surface area contributed by atoms with Gasteiger partial charge in [-0.2, -0.15) is 9.52 Å². The predicted octanol–water partition coefficient (Wildman–Crippen LogP) is 2.77. The van der Waals surface area contributed by atoms with Crippen molar-refractivity contribution < 1.29 is 18.0 Å². The van der Waals surface area contributed by atoms with E-state index in [0.717, 1.165) is 15.8 Å². The van der Waals surface area contributed by atoms with Crippen molar-refractivity contribution in [3.05, 3.63) is 70.2 Å². The van der Waals surface area contributed by atoms with E-state index in [1.165, 1.54) is 26.6 Å². The lowest BCUT2D eigenvalue weighted by Gasteiger charge is -2.39. The minimum absolute atomic E-state index is 0. The molecule has 1 aliphatic heterocycles. The number of aromatic nitrogens is 6. The van der Waals surface area contributed by atoms with E-state index < -0.39 is 27.9 Å². The molecule has 1 fully saturated rings. The summed E-state index contributed by atoms with van der Waals surface area (Å²) in [5.74, 6) is -0.792. The van der Waals surface area contributed by atoms with Crippen LogP contribution in [0.25, 0.3) is 21.0 Å². The van der Waals surface area contributed by atoms with Gasteiger partial charge in [0.15, 0.2) is 10.8 Å². The lowest BCUT2D eigenvalue weighted by molar-refractivity contribution is -0.127. The first-order valence-corrected chi connectivity index (χ1v) is 15.1. The van der Waals surface area contributed by atoms with E-state index in [9.17, 15) is 18.0 Å². The van der Waals surface area contributed by atoms with Crippen molar-refractivity contribution in [2.24, 2.45) is 0 Å². The highest BCUT2D eigenvalue weighted by atomic mass is 127. The fourth-order valence-corrected chi connectivity index (χ4v) is 7.16. The summed E-state index contributed by atoms with van der Waals surface area (Å²) < 4.78 is 29.4. The van der Waals surface area contributed by atoms with Crippen molar-refractivity contribution in [2.45, 2.75) is 24.4 Å². The van der Waals surface area contributed by atoms with Gasteiger partial charge in [-0.15, -0.1) is 45.5 Å². The van der Waals surface area contributed by atoms with Crippen molar-refractivity contribution in [3.8, 4) is 0 Å². The van der Waals surface area contributed by atoms with Gasteiger partial charge in [-0.1, -0.05) is 28.9 Å². The molecule has 6 rings (SSSR count). The van der Waals surface area contributed by atoms with E-state index in [1.807, 2.05) is 6.92 Å². The molecule has 0 spiro atoms. The van der Waals surface area contributed by atoms with Crippen LogP contribution in [0, 0.1) is 6.92 Å². The number of hydrogen-bond donors (Lipinski definition) is 2. The normalized spacial score (nSPS) is 16.0. The zero-order valence-electron chi connectivity index (χ0n) is 21.9. The quantitative estimate of drug-likeness (QED) is 0.249. The molecule has 0 saturated carbocycles. The van der Waals surface area contributed by atoms with Crippen LogP contribution in [0.2, 0.25) is 5.02 Å². The lowest BCUT2D eigenvalue weighted by atomic mass is 10.1. The Bertz CT molecular complexity index is 1900. The summed E-state index contributed by atoms with van der Waals surface area (Å²) in [6, 6.07) is 10.6. The number of sulfonamides is 1. The second-order valence-corrected chi connectivity index (χ2v) is 12.8. The Hall–Kier alpha value is -3.32. The number of piperazine rings is 1. The van der Waals surface area contributed by atoms with Gasteiger partial charge in [0.05, 0.1) is 21.7 Å². The first kappa shape index (κ1) is 30.1. The molecule has 2 N–H and O–H groups in total. The molecule has 4 heterocycles. The number of aryl methyl sites for hydroxylation is 1. The second kappa shape index (κ2) is 12.1. The minimum Gasteiger partial charge on any atom is -0.347 e. The Morgan fingerprint density at radius 2 is 1.93 bits per heavy atom. The Labute approximate surface area is 265 Å². The van der Waals surface area contributed by atoms with Crippen molar-refractivity contribution in [1.82, 2.24) is 45.1 Å². The van der Waals surface area contributed by atoms with Crippen LogP contribution in [0.15, 0.2) is 53.6 Å². The van der Waals surface area contributed by atoms with Crippen LogP contribution < -0.4 is 5.32 Å². The number of fused-ring (bicyclic) bond motifs is 2. The summed E-state index contributed by atoms with van der Waals surface area (Å²) in [7, 11) is -4.01. The highest BCUT2D eigenvalue weighted by Crippen LogP contribution is 2.28. The number of halogens is 2. The van der Waals surface area contributed by atoms with Crippen LogP contribution in [0.1, 0.15) is 21.3 Å². The molecule has 1 aliphatic rings. The van der Waals surface area contributed by atoms with Gasteiger partial charge in [0.2, 0.25) is 15.9 Å². The van der Waals surface area contributed by atoms with E-state index in [4.69, 9.17) is 11.6 Å². The summed E-state index contributed by atoms with van der Waals surface area (Å²) in [5, 5.41) is 18.3. The molecule has 2 aromatic carbocycles. The topological polar surface area (TPSA) is 167 Å². The molecule has 2 amide bonds. The van der Waals surface area contributed by atoms with E-state index in [1.54, 1.807) is 42.6 Å². The van der Waals surface area contributed by atoms with Crippen molar-refractivity contribution >= 4 is 89.7 Å².